The summed E-state index contributed by atoms with van der Waals surface area (Å²) in [7, 11) is 0. The van der Waals surface area contributed by atoms with Crippen LogP contribution in [-0.2, 0) is 0 Å². The third kappa shape index (κ3) is 2.30. The molecule has 20 heavy (non-hydrogen) atoms. The van der Waals surface area contributed by atoms with E-state index >= 15 is 0 Å². The molecule has 5 heteroatoms. The lowest BCUT2D eigenvalue weighted by atomic mass is 10.1. The van der Waals surface area contributed by atoms with E-state index in [1.54, 1.807) is 0 Å². The summed E-state index contributed by atoms with van der Waals surface area (Å²) in [5.74, 6) is 0.516. The fourth-order valence-corrected chi connectivity index (χ4v) is 3.16. The second-order valence-corrected chi connectivity index (χ2v) is 5.82. The fourth-order valence-electron chi connectivity index (χ4n) is 2.42. The Bertz CT molecular complexity index is 672. The fraction of sp³-hybridized carbons (Fsp3) is 0.133. The lowest BCUT2D eigenvalue weighted by Gasteiger charge is -2.28. The molecule has 1 atom stereocenters. The Morgan fingerprint density at radius 2 is 1.85 bits per heavy atom. The van der Waals surface area contributed by atoms with Crippen molar-refractivity contribution in [3.63, 3.8) is 0 Å². The van der Waals surface area contributed by atoms with Gasteiger partial charge in [0.05, 0.1) is 18.3 Å². The Hall–Kier alpha value is -1.52. The number of nitrogens with zero attached hydrogens (tertiary/aromatic N) is 2. The van der Waals surface area contributed by atoms with Crippen LogP contribution >= 0.6 is 27.5 Å². The highest BCUT2D eigenvalue weighted by Gasteiger charge is 2.31. The van der Waals surface area contributed by atoms with Gasteiger partial charge in [-0.15, -0.1) is 0 Å². The van der Waals surface area contributed by atoms with Crippen LogP contribution in [-0.4, -0.2) is 12.5 Å². The molecular weight excluding hydrogens is 338 g/mol. The van der Waals surface area contributed by atoms with Crippen LogP contribution in [0.15, 0.2) is 58.0 Å². The highest BCUT2D eigenvalue weighted by Crippen LogP contribution is 2.37. The molecule has 0 spiro atoms. The Balaban J connectivity index is 2.06. The predicted octanol–water partition coefficient (Wildman–Crippen LogP) is 3.98. The number of halogens is 2. The van der Waals surface area contributed by atoms with Gasteiger partial charge in [-0.2, -0.15) is 0 Å². The number of aliphatic imine (C=N–C) groups is 1. The average Bonchev–Trinajstić information content (AvgIpc) is 2.82. The molecule has 3 rings (SSSR count). The molecule has 0 fully saturated rings. The van der Waals surface area contributed by atoms with Crippen molar-refractivity contribution in [2.75, 3.05) is 11.4 Å². The first-order valence-electron chi connectivity index (χ1n) is 6.26. The topological polar surface area (TPSA) is 41.6 Å². The van der Waals surface area contributed by atoms with E-state index in [-0.39, 0.29) is 6.04 Å². The van der Waals surface area contributed by atoms with E-state index in [1.807, 2.05) is 53.4 Å². The molecule has 0 bridgehead atoms. The monoisotopic (exact) mass is 349 g/mol. The summed E-state index contributed by atoms with van der Waals surface area (Å²) in [6, 6.07) is 15.8. The molecule has 1 aliphatic rings. The zero-order valence-electron chi connectivity index (χ0n) is 10.6. The molecule has 0 aromatic heterocycles. The van der Waals surface area contributed by atoms with Crippen molar-refractivity contribution in [1.82, 2.24) is 0 Å². The summed E-state index contributed by atoms with van der Waals surface area (Å²) in [6.07, 6.45) is 0. The first kappa shape index (κ1) is 13.5. The molecular formula is C15H13BrClN3. The van der Waals surface area contributed by atoms with Gasteiger partial charge in [-0.1, -0.05) is 41.9 Å². The minimum Gasteiger partial charge on any atom is -0.369 e. The summed E-state index contributed by atoms with van der Waals surface area (Å²) in [4.78, 5) is 6.39. The Morgan fingerprint density at radius 3 is 2.60 bits per heavy atom. The zero-order chi connectivity index (χ0) is 14.1. The van der Waals surface area contributed by atoms with E-state index in [9.17, 15) is 0 Å². The van der Waals surface area contributed by atoms with Crippen LogP contribution in [0.4, 0.5) is 5.69 Å². The maximum atomic E-state index is 6.31. The minimum atomic E-state index is 0.0300. The number of rotatable bonds is 2. The normalized spacial score (nSPS) is 18.2. The molecule has 2 aromatic carbocycles. The molecule has 0 radical (unpaired) electrons. The van der Waals surface area contributed by atoms with Crippen molar-refractivity contribution in [2.45, 2.75) is 6.04 Å². The Labute approximate surface area is 131 Å². The van der Waals surface area contributed by atoms with Crippen LogP contribution in [0.2, 0.25) is 5.02 Å². The van der Waals surface area contributed by atoms with Crippen molar-refractivity contribution >= 4 is 39.2 Å². The largest absolute Gasteiger partial charge is 0.369 e. The second-order valence-electron chi connectivity index (χ2n) is 4.56. The summed E-state index contributed by atoms with van der Waals surface area (Å²) in [5, 5.41) is 0.736. The van der Waals surface area contributed by atoms with Gasteiger partial charge in [0.2, 0.25) is 0 Å². The predicted molar refractivity (Wildman–Crippen MR) is 87.3 cm³/mol. The third-order valence-electron chi connectivity index (χ3n) is 3.36. The van der Waals surface area contributed by atoms with E-state index in [2.05, 4.69) is 20.9 Å². The van der Waals surface area contributed by atoms with Crippen LogP contribution in [0.3, 0.4) is 0 Å². The van der Waals surface area contributed by atoms with Gasteiger partial charge in [0, 0.05) is 9.50 Å². The van der Waals surface area contributed by atoms with Gasteiger partial charge in [-0.05, 0) is 39.7 Å². The molecule has 0 saturated heterocycles. The van der Waals surface area contributed by atoms with Crippen LogP contribution in [0.25, 0.3) is 0 Å². The molecule has 0 amide bonds. The van der Waals surface area contributed by atoms with Crippen molar-refractivity contribution in [3.05, 3.63) is 63.6 Å². The number of anilines is 1. The molecule has 2 aromatic rings. The van der Waals surface area contributed by atoms with E-state index in [0.717, 1.165) is 20.7 Å². The van der Waals surface area contributed by atoms with Gasteiger partial charge in [-0.3, -0.25) is 4.99 Å². The van der Waals surface area contributed by atoms with Crippen LogP contribution in [0.1, 0.15) is 11.6 Å². The van der Waals surface area contributed by atoms with Crippen molar-refractivity contribution in [3.8, 4) is 0 Å². The van der Waals surface area contributed by atoms with Gasteiger partial charge < -0.3 is 10.6 Å². The average molecular weight is 351 g/mol. The van der Waals surface area contributed by atoms with Gasteiger partial charge >= 0.3 is 0 Å². The highest BCUT2D eigenvalue weighted by molar-refractivity contribution is 9.10. The quantitative estimate of drug-likeness (QED) is 0.890. The van der Waals surface area contributed by atoms with Crippen LogP contribution in [0.5, 0.6) is 0 Å². The number of para-hydroxylation sites is 1. The number of benzene rings is 2. The van der Waals surface area contributed by atoms with Crippen molar-refractivity contribution in [1.29, 1.82) is 0 Å². The standard InChI is InChI=1S/C15H13BrClN3/c16-11-6-2-4-8-13(11)20-14(9-19-15(20)18)10-5-1-3-7-12(10)17/h1-8,14H,9H2,(H2,18,19). The lowest BCUT2D eigenvalue weighted by molar-refractivity contribution is 0.768. The molecule has 2 N–H and O–H groups in total. The van der Waals surface area contributed by atoms with Gasteiger partial charge in [0.15, 0.2) is 5.96 Å². The first-order valence-corrected chi connectivity index (χ1v) is 7.43. The molecule has 0 aliphatic carbocycles. The van der Waals surface area contributed by atoms with Gasteiger partial charge in [0.1, 0.15) is 0 Å². The third-order valence-corrected chi connectivity index (χ3v) is 4.38. The molecule has 3 nitrogen and oxygen atoms in total. The first-order chi connectivity index (χ1) is 9.68. The molecule has 102 valence electrons. The number of hydrogen-bond donors (Lipinski definition) is 1. The van der Waals surface area contributed by atoms with Crippen molar-refractivity contribution < 1.29 is 0 Å². The molecule has 1 unspecified atom stereocenters. The molecule has 1 heterocycles. The summed E-state index contributed by atoms with van der Waals surface area (Å²) in [5.41, 5.74) is 8.10. The van der Waals surface area contributed by atoms with E-state index in [1.165, 1.54) is 0 Å². The second kappa shape index (κ2) is 5.46. The maximum absolute atomic E-state index is 6.31. The van der Waals surface area contributed by atoms with Gasteiger partial charge in [-0.25, -0.2) is 0 Å². The highest BCUT2D eigenvalue weighted by atomic mass is 79.9. The molecule has 0 saturated carbocycles. The summed E-state index contributed by atoms with van der Waals surface area (Å²) < 4.78 is 0.983. The van der Waals surface area contributed by atoms with E-state index < -0.39 is 0 Å². The number of guanidine groups is 1. The Kier molecular flexibility index (Phi) is 3.68. The van der Waals surface area contributed by atoms with Crippen LogP contribution in [0, 0.1) is 0 Å². The molecule has 1 aliphatic heterocycles. The summed E-state index contributed by atoms with van der Waals surface area (Å²) >= 11 is 9.88. The maximum Gasteiger partial charge on any atom is 0.196 e. The lowest BCUT2D eigenvalue weighted by Crippen LogP contribution is -2.36. The van der Waals surface area contributed by atoms with E-state index in [0.29, 0.717) is 12.5 Å². The number of nitrogens with two attached hydrogens (primary N) is 1. The smallest absolute Gasteiger partial charge is 0.196 e. The van der Waals surface area contributed by atoms with Crippen LogP contribution < -0.4 is 10.6 Å². The zero-order valence-corrected chi connectivity index (χ0v) is 13.0. The Morgan fingerprint density at radius 1 is 1.15 bits per heavy atom. The van der Waals surface area contributed by atoms with Gasteiger partial charge in [0.25, 0.3) is 0 Å². The SMILES string of the molecule is NC1=NCC(c2ccccc2Cl)N1c1ccccc1Br. The minimum absolute atomic E-state index is 0.0300. The number of hydrogen-bond acceptors (Lipinski definition) is 3. The van der Waals surface area contributed by atoms with Crippen molar-refractivity contribution in [2.24, 2.45) is 10.7 Å². The van der Waals surface area contributed by atoms with E-state index in [4.69, 9.17) is 17.3 Å². The summed E-state index contributed by atoms with van der Waals surface area (Å²) in [6.45, 7) is 0.608.